The number of ether oxygens (including phenoxy) is 2. The Morgan fingerprint density at radius 3 is 2.47 bits per heavy atom. The van der Waals surface area contributed by atoms with Gasteiger partial charge in [-0.15, -0.1) is 0 Å². The first-order valence-corrected chi connectivity index (χ1v) is 5.20. The lowest BCUT2D eigenvalue weighted by atomic mass is 9.84. The second kappa shape index (κ2) is 4.19. The molecule has 3 heteroatoms. The fraction of sp³-hybridized carbons (Fsp3) is 0.500. The Kier molecular flexibility index (Phi) is 2.91. The van der Waals surface area contributed by atoms with E-state index in [0.29, 0.717) is 6.61 Å². The highest BCUT2D eigenvalue weighted by molar-refractivity contribution is 5.22. The molecule has 2 nitrogen and oxygen atoms in total. The highest BCUT2D eigenvalue weighted by Crippen LogP contribution is 2.31. The van der Waals surface area contributed by atoms with Crippen molar-refractivity contribution in [1.29, 1.82) is 0 Å². The summed E-state index contributed by atoms with van der Waals surface area (Å²) in [6.45, 7) is 4.32. The highest BCUT2D eigenvalue weighted by Gasteiger charge is 2.37. The molecule has 0 bridgehead atoms. The Morgan fingerprint density at radius 2 is 2.00 bits per heavy atom. The van der Waals surface area contributed by atoms with Gasteiger partial charge in [-0.05, 0) is 30.7 Å². The van der Waals surface area contributed by atoms with Crippen LogP contribution in [0.5, 0.6) is 5.75 Å². The van der Waals surface area contributed by atoms with Gasteiger partial charge in [0.25, 0.3) is 0 Å². The molecule has 1 aromatic rings. The van der Waals surface area contributed by atoms with Gasteiger partial charge in [0.2, 0.25) is 0 Å². The lowest BCUT2D eigenvalue weighted by Gasteiger charge is -2.40. The smallest absolute Gasteiger partial charge is 0.123 e. The average molecular weight is 210 g/mol. The molecule has 1 aliphatic rings. The number of benzene rings is 1. The molecule has 1 heterocycles. The van der Waals surface area contributed by atoms with Gasteiger partial charge in [0.05, 0.1) is 25.2 Å². The summed E-state index contributed by atoms with van der Waals surface area (Å²) in [5.41, 5.74) is 0.175. The van der Waals surface area contributed by atoms with Gasteiger partial charge in [-0.1, -0.05) is 6.92 Å². The van der Waals surface area contributed by atoms with Crippen LogP contribution in [-0.4, -0.2) is 19.8 Å². The summed E-state index contributed by atoms with van der Waals surface area (Å²) < 4.78 is 23.4. The summed E-state index contributed by atoms with van der Waals surface area (Å²) in [7, 11) is 0. The van der Waals surface area contributed by atoms with Crippen molar-refractivity contribution >= 4 is 0 Å². The van der Waals surface area contributed by atoms with Crippen molar-refractivity contribution < 1.29 is 13.9 Å². The van der Waals surface area contributed by atoms with Crippen molar-refractivity contribution in [3.05, 3.63) is 30.1 Å². The van der Waals surface area contributed by atoms with Gasteiger partial charge in [-0.25, -0.2) is 4.39 Å². The van der Waals surface area contributed by atoms with Crippen molar-refractivity contribution in [2.24, 2.45) is 5.41 Å². The topological polar surface area (TPSA) is 18.5 Å². The van der Waals surface area contributed by atoms with E-state index in [2.05, 4.69) is 6.92 Å². The van der Waals surface area contributed by atoms with Crippen LogP contribution in [0.1, 0.15) is 13.3 Å². The van der Waals surface area contributed by atoms with Crippen molar-refractivity contribution in [2.75, 3.05) is 19.8 Å². The van der Waals surface area contributed by atoms with Crippen molar-refractivity contribution in [2.45, 2.75) is 13.3 Å². The first-order chi connectivity index (χ1) is 7.24. The number of rotatable bonds is 4. The van der Waals surface area contributed by atoms with Gasteiger partial charge in [-0.2, -0.15) is 0 Å². The lowest BCUT2D eigenvalue weighted by Crippen LogP contribution is -2.46. The third-order valence-electron chi connectivity index (χ3n) is 2.93. The summed E-state index contributed by atoms with van der Waals surface area (Å²) in [5, 5.41) is 0. The minimum atomic E-state index is -0.237. The minimum Gasteiger partial charge on any atom is -0.493 e. The molecule has 0 saturated carbocycles. The monoisotopic (exact) mass is 210 g/mol. The third kappa shape index (κ3) is 2.29. The van der Waals surface area contributed by atoms with Gasteiger partial charge in [0.15, 0.2) is 0 Å². The summed E-state index contributed by atoms with van der Waals surface area (Å²) in [6.07, 6.45) is 1.05. The van der Waals surface area contributed by atoms with Gasteiger partial charge in [0.1, 0.15) is 11.6 Å². The van der Waals surface area contributed by atoms with E-state index >= 15 is 0 Å². The average Bonchev–Trinajstić information content (AvgIpc) is 2.20. The van der Waals surface area contributed by atoms with E-state index in [1.165, 1.54) is 12.1 Å². The zero-order chi connectivity index (χ0) is 10.7. The zero-order valence-corrected chi connectivity index (χ0v) is 8.83. The molecule has 82 valence electrons. The molecule has 0 radical (unpaired) electrons. The minimum absolute atomic E-state index is 0.175. The lowest BCUT2D eigenvalue weighted by molar-refractivity contribution is -0.133. The summed E-state index contributed by atoms with van der Waals surface area (Å²) in [6, 6.07) is 6.12. The predicted octanol–water partition coefficient (Wildman–Crippen LogP) is 2.63. The molecule has 0 atom stereocenters. The molecular weight excluding hydrogens is 195 g/mol. The van der Waals surface area contributed by atoms with Crippen LogP contribution in [0.2, 0.25) is 0 Å². The van der Waals surface area contributed by atoms with Crippen molar-refractivity contribution in [1.82, 2.24) is 0 Å². The molecule has 1 fully saturated rings. The summed E-state index contributed by atoms with van der Waals surface area (Å²) >= 11 is 0. The SMILES string of the molecule is CCC1(COc2ccc(F)cc2)COC1. The Bertz CT molecular complexity index is 311. The van der Waals surface area contributed by atoms with Gasteiger partial charge in [-0.3, -0.25) is 0 Å². The van der Waals surface area contributed by atoms with Gasteiger partial charge < -0.3 is 9.47 Å². The fourth-order valence-corrected chi connectivity index (χ4v) is 1.55. The van der Waals surface area contributed by atoms with Gasteiger partial charge in [0, 0.05) is 0 Å². The van der Waals surface area contributed by atoms with E-state index in [1.807, 2.05) is 0 Å². The number of halogens is 1. The molecule has 1 aliphatic heterocycles. The molecule has 0 N–H and O–H groups in total. The van der Waals surface area contributed by atoms with E-state index in [-0.39, 0.29) is 11.2 Å². The maximum absolute atomic E-state index is 12.6. The van der Waals surface area contributed by atoms with Crippen molar-refractivity contribution in [3.63, 3.8) is 0 Å². The van der Waals surface area contributed by atoms with E-state index in [1.54, 1.807) is 12.1 Å². The normalized spacial score (nSPS) is 18.3. The number of hydrogen-bond acceptors (Lipinski definition) is 2. The number of hydrogen-bond donors (Lipinski definition) is 0. The van der Waals surface area contributed by atoms with Crippen LogP contribution in [0, 0.1) is 11.2 Å². The van der Waals surface area contributed by atoms with E-state index in [0.717, 1.165) is 25.4 Å². The molecule has 0 unspecified atom stereocenters. The van der Waals surface area contributed by atoms with Crippen LogP contribution in [0.15, 0.2) is 24.3 Å². The van der Waals surface area contributed by atoms with Crippen LogP contribution in [0.3, 0.4) is 0 Å². The van der Waals surface area contributed by atoms with Crippen LogP contribution in [0.4, 0.5) is 4.39 Å². The fourth-order valence-electron chi connectivity index (χ4n) is 1.55. The first-order valence-electron chi connectivity index (χ1n) is 5.20. The quantitative estimate of drug-likeness (QED) is 0.760. The Morgan fingerprint density at radius 1 is 1.33 bits per heavy atom. The van der Waals surface area contributed by atoms with E-state index < -0.39 is 0 Å². The Balaban J connectivity index is 1.90. The molecule has 15 heavy (non-hydrogen) atoms. The van der Waals surface area contributed by atoms with Gasteiger partial charge >= 0.3 is 0 Å². The second-order valence-electron chi connectivity index (χ2n) is 4.09. The molecule has 0 spiro atoms. The van der Waals surface area contributed by atoms with Crippen LogP contribution in [0.25, 0.3) is 0 Å². The highest BCUT2D eigenvalue weighted by atomic mass is 19.1. The second-order valence-corrected chi connectivity index (χ2v) is 4.09. The Labute approximate surface area is 89.0 Å². The molecule has 1 saturated heterocycles. The first kappa shape index (κ1) is 10.4. The largest absolute Gasteiger partial charge is 0.493 e. The summed E-state index contributed by atoms with van der Waals surface area (Å²) in [4.78, 5) is 0. The van der Waals surface area contributed by atoms with Crippen LogP contribution in [-0.2, 0) is 4.74 Å². The van der Waals surface area contributed by atoms with E-state index in [4.69, 9.17) is 9.47 Å². The molecule has 0 aliphatic carbocycles. The maximum Gasteiger partial charge on any atom is 0.123 e. The van der Waals surface area contributed by atoms with Crippen LogP contribution >= 0.6 is 0 Å². The summed E-state index contributed by atoms with van der Waals surface area (Å²) in [5.74, 6) is 0.482. The standard InChI is InChI=1S/C12H15FO2/c1-2-12(7-14-8-12)9-15-11-5-3-10(13)4-6-11/h3-6H,2,7-9H2,1H3. The van der Waals surface area contributed by atoms with Crippen molar-refractivity contribution in [3.8, 4) is 5.75 Å². The molecule has 1 aromatic carbocycles. The molecule has 0 aromatic heterocycles. The van der Waals surface area contributed by atoms with E-state index in [9.17, 15) is 4.39 Å². The zero-order valence-electron chi connectivity index (χ0n) is 8.83. The predicted molar refractivity (Wildman–Crippen MR) is 55.4 cm³/mol. The molecule has 2 rings (SSSR count). The third-order valence-corrected chi connectivity index (χ3v) is 2.93. The van der Waals surface area contributed by atoms with Crippen LogP contribution < -0.4 is 4.74 Å². The molecule has 0 amide bonds. The maximum atomic E-state index is 12.6. The Hall–Kier alpha value is -1.09. The molecular formula is C12H15FO2.